The molecule has 0 saturated carbocycles. The number of hydrogen-bond acceptors (Lipinski definition) is 8. The molecule has 2 aromatic heterocycles. The van der Waals surface area contributed by atoms with E-state index in [1.54, 1.807) is 24.2 Å². The molecule has 0 spiro atoms. The van der Waals surface area contributed by atoms with Crippen molar-refractivity contribution in [1.29, 1.82) is 0 Å². The Morgan fingerprint density at radius 1 is 1.31 bits per heavy atom. The highest BCUT2D eigenvalue weighted by molar-refractivity contribution is 5.70. The fourth-order valence-corrected chi connectivity index (χ4v) is 2.17. The predicted octanol–water partition coefficient (Wildman–Crippen LogP) is 0.665. The molecule has 1 aromatic carbocycles. The maximum absolute atomic E-state index is 10.5. The Morgan fingerprint density at radius 2 is 1.93 bits per heavy atom. The third kappa shape index (κ3) is 6.16. The Hall–Kier alpha value is -3.70. The first-order valence-corrected chi connectivity index (χ1v) is 7.97. The smallest absolute Gasteiger partial charge is 0.430 e. The number of nitrogens with zero attached hydrogens (tertiary/aromatic N) is 4. The van der Waals surface area contributed by atoms with Gasteiger partial charge in [-0.2, -0.15) is 18.2 Å². The molecule has 0 unspecified atom stereocenters. The van der Waals surface area contributed by atoms with Crippen molar-refractivity contribution in [3.63, 3.8) is 0 Å². The van der Waals surface area contributed by atoms with Gasteiger partial charge in [-0.15, -0.1) is 0 Å². The standard InChI is InChI=1S/C15H16N5O2.C2HF3O2/c1-10-13(7-17-15(18-10)21-2)12-5-3-11(4-6-12)8-20-9-14(16)22-19-20;3-2(4,5)1(6)7/h3-7,9H,8,16H2,1-2H3;(H,6,7)/q+1;/p-1. The monoisotopic (exact) mass is 411 g/mol. The molecule has 29 heavy (non-hydrogen) atoms. The lowest BCUT2D eigenvalue weighted by Gasteiger charge is -2.06. The van der Waals surface area contributed by atoms with E-state index in [4.69, 9.17) is 24.9 Å². The molecule has 9 nitrogen and oxygen atoms in total. The lowest BCUT2D eigenvalue weighted by Crippen LogP contribution is -2.37. The zero-order chi connectivity index (χ0) is 21.6. The molecule has 0 amide bonds. The van der Waals surface area contributed by atoms with Gasteiger partial charge in [-0.3, -0.25) is 4.52 Å². The fraction of sp³-hybridized carbons (Fsp3) is 0.235. The molecule has 3 rings (SSSR count). The summed E-state index contributed by atoms with van der Waals surface area (Å²) in [5, 5.41) is 12.6. The number of aromatic nitrogens is 4. The second-order valence-electron chi connectivity index (χ2n) is 5.64. The van der Waals surface area contributed by atoms with E-state index < -0.39 is 12.1 Å². The van der Waals surface area contributed by atoms with E-state index in [0.717, 1.165) is 22.4 Å². The number of halogens is 3. The number of carbonyl (C=O) groups is 1. The van der Waals surface area contributed by atoms with Gasteiger partial charge in [0.25, 0.3) is 12.1 Å². The Balaban J connectivity index is 0.000000370. The van der Waals surface area contributed by atoms with Crippen molar-refractivity contribution in [1.82, 2.24) is 15.2 Å². The second kappa shape index (κ2) is 8.99. The molecule has 0 saturated heterocycles. The number of rotatable bonds is 4. The molecule has 0 atom stereocenters. The SMILES string of the molecule is COc1ncc(-c2ccc(C[n+]3cc(N)on3)cc2)c(C)n1.O=C([O-])C(F)(F)F. The topological polar surface area (TPSA) is 131 Å². The number of ether oxygens (including phenoxy) is 1. The number of nitrogens with two attached hydrogens (primary N) is 1. The van der Waals surface area contributed by atoms with Crippen molar-refractivity contribution in [3.8, 4) is 17.1 Å². The quantitative estimate of drug-likeness (QED) is 0.620. The number of nitrogen functional groups attached to an aromatic ring is 1. The normalized spacial score (nSPS) is 10.8. The number of alkyl halides is 3. The fourth-order valence-electron chi connectivity index (χ4n) is 2.17. The molecular weight excluding hydrogens is 395 g/mol. The molecule has 2 heterocycles. The van der Waals surface area contributed by atoms with Crippen molar-refractivity contribution < 1.29 is 37.0 Å². The summed E-state index contributed by atoms with van der Waals surface area (Å²) in [6.07, 6.45) is -1.78. The van der Waals surface area contributed by atoms with Gasteiger partial charge in [-0.25, -0.2) is 4.98 Å². The van der Waals surface area contributed by atoms with Gasteiger partial charge in [0.2, 0.25) is 11.8 Å². The maximum Gasteiger partial charge on any atom is 0.430 e. The third-order valence-electron chi connectivity index (χ3n) is 3.51. The summed E-state index contributed by atoms with van der Waals surface area (Å²) in [5.41, 5.74) is 9.49. The summed E-state index contributed by atoms with van der Waals surface area (Å²) in [6.45, 7) is 2.53. The Labute approximate surface area is 162 Å². The molecule has 154 valence electrons. The largest absolute Gasteiger partial charge is 0.542 e. The Kier molecular flexibility index (Phi) is 6.70. The van der Waals surface area contributed by atoms with Crippen LogP contribution in [0.25, 0.3) is 11.1 Å². The van der Waals surface area contributed by atoms with Gasteiger partial charge >= 0.3 is 12.2 Å². The lowest BCUT2D eigenvalue weighted by molar-refractivity contribution is -0.754. The Bertz CT molecular complexity index is 974. The van der Waals surface area contributed by atoms with Gasteiger partial charge in [-0.05, 0) is 17.2 Å². The van der Waals surface area contributed by atoms with Crippen LogP contribution in [0.15, 0.2) is 41.2 Å². The zero-order valence-corrected chi connectivity index (χ0v) is 15.3. The molecule has 0 aliphatic rings. The molecule has 0 aliphatic heterocycles. The summed E-state index contributed by atoms with van der Waals surface area (Å²) >= 11 is 0. The van der Waals surface area contributed by atoms with Crippen LogP contribution in [-0.4, -0.2) is 34.5 Å². The van der Waals surface area contributed by atoms with E-state index in [-0.39, 0.29) is 0 Å². The lowest BCUT2D eigenvalue weighted by atomic mass is 10.0. The highest BCUT2D eigenvalue weighted by Crippen LogP contribution is 2.23. The van der Waals surface area contributed by atoms with Crippen molar-refractivity contribution in [2.75, 3.05) is 12.8 Å². The summed E-state index contributed by atoms with van der Waals surface area (Å²) in [4.78, 5) is 17.2. The number of hydrogen-bond donors (Lipinski definition) is 1. The van der Waals surface area contributed by atoms with Crippen molar-refractivity contribution >= 4 is 11.9 Å². The minimum absolute atomic E-state index is 0.294. The number of aliphatic carboxylic acids is 1. The predicted molar refractivity (Wildman–Crippen MR) is 90.0 cm³/mol. The minimum atomic E-state index is -5.19. The van der Waals surface area contributed by atoms with Gasteiger partial charge in [0.05, 0.1) is 12.8 Å². The van der Waals surface area contributed by atoms with Crippen LogP contribution in [0.1, 0.15) is 11.3 Å². The highest BCUT2D eigenvalue weighted by atomic mass is 19.4. The third-order valence-corrected chi connectivity index (χ3v) is 3.51. The molecule has 0 radical (unpaired) electrons. The first kappa shape index (κ1) is 21.6. The molecule has 12 heteroatoms. The van der Waals surface area contributed by atoms with Crippen LogP contribution >= 0.6 is 0 Å². The van der Waals surface area contributed by atoms with Crippen LogP contribution < -0.4 is 20.3 Å². The van der Waals surface area contributed by atoms with E-state index in [0.29, 0.717) is 18.4 Å². The van der Waals surface area contributed by atoms with Gasteiger partial charge in [0.1, 0.15) is 5.97 Å². The summed E-state index contributed by atoms with van der Waals surface area (Å²) in [7, 11) is 1.55. The molecule has 0 aliphatic carbocycles. The number of carboxylic acids is 1. The van der Waals surface area contributed by atoms with Crippen LogP contribution in [0.2, 0.25) is 0 Å². The van der Waals surface area contributed by atoms with Crippen LogP contribution in [-0.2, 0) is 11.3 Å². The molecule has 3 aromatic rings. The van der Waals surface area contributed by atoms with Gasteiger partial charge < -0.3 is 20.4 Å². The van der Waals surface area contributed by atoms with Gasteiger partial charge in [0.15, 0.2) is 0 Å². The number of anilines is 1. The number of benzene rings is 1. The highest BCUT2D eigenvalue weighted by Gasteiger charge is 2.28. The van der Waals surface area contributed by atoms with E-state index in [1.807, 2.05) is 31.2 Å². The number of aryl methyl sites for hydroxylation is 1. The van der Waals surface area contributed by atoms with Gasteiger partial charge in [0, 0.05) is 17.3 Å². The minimum Gasteiger partial charge on any atom is -0.542 e. The van der Waals surface area contributed by atoms with E-state index in [2.05, 4.69) is 15.2 Å². The van der Waals surface area contributed by atoms with Crippen molar-refractivity contribution in [3.05, 3.63) is 47.9 Å². The summed E-state index contributed by atoms with van der Waals surface area (Å²) < 4.78 is 43.0. The average molecular weight is 411 g/mol. The molecular formula is C17H16F3N5O4. The first-order valence-electron chi connectivity index (χ1n) is 7.97. The maximum atomic E-state index is 10.5. The summed E-state index contributed by atoms with van der Waals surface area (Å²) in [6, 6.07) is 8.47. The molecule has 2 N–H and O–H groups in total. The van der Waals surface area contributed by atoms with E-state index in [9.17, 15) is 13.2 Å². The van der Waals surface area contributed by atoms with Crippen LogP contribution in [0, 0.1) is 6.92 Å². The first-order chi connectivity index (χ1) is 13.6. The van der Waals surface area contributed by atoms with E-state index in [1.165, 1.54) is 0 Å². The van der Waals surface area contributed by atoms with Gasteiger partial charge in [-0.1, -0.05) is 24.3 Å². The number of methoxy groups -OCH3 is 1. The number of carbonyl (C=O) groups excluding carboxylic acids is 1. The number of carboxylic acid groups (broad SMARTS) is 1. The Morgan fingerprint density at radius 3 is 2.38 bits per heavy atom. The van der Waals surface area contributed by atoms with Crippen molar-refractivity contribution in [2.24, 2.45) is 0 Å². The van der Waals surface area contributed by atoms with E-state index >= 15 is 0 Å². The zero-order valence-electron chi connectivity index (χ0n) is 15.3. The molecule has 0 bridgehead atoms. The molecule has 0 fully saturated rings. The van der Waals surface area contributed by atoms with Crippen LogP contribution in [0.4, 0.5) is 19.1 Å². The average Bonchev–Trinajstić information content (AvgIpc) is 3.07. The van der Waals surface area contributed by atoms with Crippen LogP contribution in [0.3, 0.4) is 0 Å². The second-order valence-corrected chi connectivity index (χ2v) is 5.64. The van der Waals surface area contributed by atoms with Crippen molar-refractivity contribution in [2.45, 2.75) is 19.6 Å². The van der Waals surface area contributed by atoms with Crippen LogP contribution in [0.5, 0.6) is 6.01 Å². The summed E-state index contributed by atoms with van der Waals surface area (Å²) in [5.74, 6) is -2.71.